The summed E-state index contributed by atoms with van der Waals surface area (Å²) in [6.45, 7) is 7.42. The van der Waals surface area contributed by atoms with Gasteiger partial charge in [0, 0.05) is 23.3 Å². The minimum atomic E-state index is 0.361. The first-order valence-corrected chi connectivity index (χ1v) is 8.18. The van der Waals surface area contributed by atoms with Crippen LogP contribution in [0.4, 0.5) is 0 Å². The molecule has 0 aliphatic rings. The topological polar surface area (TPSA) is 37.8 Å². The van der Waals surface area contributed by atoms with Gasteiger partial charge >= 0.3 is 0 Å². The molecule has 1 N–H and O–H groups in total. The zero-order valence-electron chi connectivity index (χ0n) is 11.5. The number of nitrogens with zero attached hydrogens (tertiary/aromatic N) is 2. The molecule has 0 amide bonds. The summed E-state index contributed by atoms with van der Waals surface area (Å²) < 4.78 is 1.05. The van der Waals surface area contributed by atoms with Gasteiger partial charge in [-0.3, -0.25) is 0 Å². The van der Waals surface area contributed by atoms with E-state index >= 15 is 0 Å². The van der Waals surface area contributed by atoms with Crippen LogP contribution in [0.1, 0.15) is 37.6 Å². The van der Waals surface area contributed by atoms with Crippen LogP contribution < -0.4 is 5.32 Å². The van der Waals surface area contributed by atoms with Gasteiger partial charge in [-0.15, -0.1) is 11.3 Å². The van der Waals surface area contributed by atoms with Crippen molar-refractivity contribution in [3.8, 4) is 0 Å². The maximum Gasteiger partial charge on any atom is 0.156 e. The fourth-order valence-corrected chi connectivity index (χ4v) is 3.49. The molecule has 0 bridgehead atoms. The maximum atomic E-state index is 4.46. The molecule has 0 saturated carbocycles. The summed E-state index contributed by atoms with van der Waals surface area (Å²) >= 11 is 3.30. The summed E-state index contributed by atoms with van der Waals surface area (Å²) in [7, 11) is 0. The standard InChI is InChI=1S/C14H19N3S2/c1-4-6-15-11(3)12-5-7-16-13(8-12)19-14-17-10(2)9-18-14/h5,7-9,11,15H,4,6H2,1-3H3. The minimum absolute atomic E-state index is 0.361. The van der Waals surface area contributed by atoms with Crippen molar-refractivity contribution in [1.82, 2.24) is 15.3 Å². The number of rotatable bonds is 6. The monoisotopic (exact) mass is 293 g/mol. The van der Waals surface area contributed by atoms with Gasteiger partial charge < -0.3 is 5.32 Å². The lowest BCUT2D eigenvalue weighted by atomic mass is 10.1. The quantitative estimate of drug-likeness (QED) is 0.871. The van der Waals surface area contributed by atoms with Crippen LogP contribution in [0.15, 0.2) is 33.1 Å². The van der Waals surface area contributed by atoms with Crippen LogP contribution in [0.5, 0.6) is 0 Å². The van der Waals surface area contributed by atoms with Crippen molar-refractivity contribution >= 4 is 23.1 Å². The summed E-state index contributed by atoms with van der Waals surface area (Å²) in [5.74, 6) is 0. The number of hydrogen-bond donors (Lipinski definition) is 1. The van der Waals surface area contributed by atoms with E-state index in [1.807, 2.05) is 13.1 Å². The molecule has 0 saturated heterocycles. The fraction of sp³-hybridized carbons (Fsp3) is 0.429. The van der Waals surface area contributed by atoms with E-state index < -0.39 is 0 Å². The zero-order chi connectivity index (χ0) is 13.7. The first kappa shape index (κ1) is 14.5. The Morgan fingerprint density at radius 2 is 2.32 bits per heavy atom. The molecular formula is C14H19N3S2. The number of thiazole rings is 1. The van der Waals surface area contributed by atoms with Gasteiger partial charge in [0.15, 0.2) is 4.34 Å². The van der Waals surface area contributed by atoms with Gasteiger partial charge in [0.1, 0.15) is 5.03 Å². The second kappa shape index (κ2) is 7.03. The predicted octanol–water partition coefficient (Wildman–Crippen LogP) is 4.06. The Kier molecular flexibility index (Phi) is 5.36. The molecule has 2 rings (SSSR count). The number of aryl methyl sites for hydroxylation is 1. The van der Waals surface area contributed by atoms with Crippen LogP contribution in [-0.4, -0.2) is 16.5 Å². The van der Waals surface area contributed by atoms with Crippen LogP contribution in [0.3, 0.4) is 0 Å². The van der Waals surface area contributed by atoms with E-state index in [9.17, 15) is 0 Å². The highest BCUT2D eigenvalue weighted by molar-refractivity contribution is 8.01. The number of hydrogen-bond acceptors (Lipinski definition) is 5. The summed E-state index contributed by atoms with van der Waals surface area (Å²) in [4.78, 5) is 8.86. The Bertz CT molecular complexity index is 525. The Hall–Kier alpha value is -0.910. The van der Waals surface area contributed by atoms with E-state index in [1.54, 1.807) is 23.1 Å². The molecule has 0 aliphatic heterocycles. The molecule has 0 aromatic carbocycles. The molecule has 0 aliphatic carbocycles. The largest absolute Gasteiger partial charge is 0.310 e. The third-order valence-corrected chi connectivity index (χ3v) is 4.74. The van der Waals surface area contributed by atoms with Crippen LogP contribution in [-0.2, 0) is 0 Å². The lowest BCUT2D eigenvalue weighted by Gasteiger charge is -2.13. The molecule has 19 heavy (non-hydrogen) atoms. The van der Waals surface area contributed by atoms with E-state index in [-0.39, 0.29) is 0 Å². The van der Waals surface area contributed by atoms with Gasteiger partial charge in [-0.05, 0) is 56.3 Å². The summed E-state index contributed by atoms with van der Waals surface area (Å²) in [6, 6.07) is 4.58. The molecule has 102 valence electrons. The highest BCUT2D eigenvalue weighted by Crippen LogP contribution is 2.29. The van der Waals surface area contributed by atoms with Gasteiger partial charge in [-0.1, -0.05) is 6.92 Å². The van der Waals surface area contributed by atoms with E-state index in [2.05, 4.69) is 46.6 Å². The molecule has 0 radical (unpaired) electrons. The van der Waals surface area contributed by atoms with Gasteiger partial charge in [0.25, 0.3) is 0 Å². The Labute approximate surface area is 122 Å². The van der Waals surface area contributed by atoms with Crippen LogP contribution >= 0.6 is 23.1 Å². The second-order valence-corrected chi connectivity index (χ2v) is 6.59. The van der Waals surface area contributed by atoms with E-state index in [4.69, 9.17) is 0 Å². The minimum Gasteiger partial charge on any atom is -0.310 e. The van der Waals surface area contributed by atoms with Crippen molar-refractivity contribution in [1.29, 1.82) is 0 Å². The third-order valence-electron chi connectivity index (χ3n) is 2.75. The number of pyridine rings is 1. The number of nitrogens with one attached hydrogen (secondary N) is 1. The molecule has 5 heteroatoms. The molecule has 3 nitrogen and oxygen atoms in total. The van der Waals surface area contributed by atoms with Crippen molar-refractivity contribution in [2.75, 3.05) is 6.54 Å². The van der Waals surface area contributed by atoms with Crippen LogP contribution in [0.25, 0.3) is 0 Å². The first-order chi connectivity index (χ1) is 9.19. The molecule has 2 aromatic rings. The van der Waals surface area contributed by atoms with Gasteiger partial charge in [-0.2, -0.15) is 0 Å². The molecular weight excluding hydrogens is 274 g/mol. The SMILES string of the molecule is CCCNC(C)c1ccnc(Sc2nc(C)cs2)c1. The average Bonchev–Trinajstić information content (AvgIpc) is 2.81. The Morgan fingerprint density at radius 3 is 3.00 bits per heavy atom. The van der Waals surface area contributed by atoms with Crippen LogP contribution in [0, 0.1) is 6.92 Å². The number of aromatic nitrogens is 2. The smallest absolute Gasteiger partial charge is 0.156 e. The lowest BCUT2D eigenvalue weighted by Crippen LogP contribution is -2.19. The molecule has 2 aromatic heterocycles. The molecule has 0 spiro atoms. The Morgan fingerprint density at radius 1 is 1.47 bits per heavy atom. The normalized spacial score (nSPS) is 12.6. The predicted molar refractivity (Wildman–Crippen MR) is 81.9 cm³/mol. The molecule has 0 fully saturated rings. The van der Waals surface area contributed by atoms with Crippen molar-refractivity contribution in [3.05, 3.63) is 35.0 Å². The third kappa shape index (κ3) is 4.30. The van der Waals surface area contributed by atoms with E-state index in [0.717, 1.165) is 28.0 Å². The van der Waals surface area contributed by atoms with Gasteiger partial charge in [-0.25, -0.2) is 9.97 Å². The fourth-order valence-electron chi connectivity index (χ4n) is 1.70. The lowest BCUT2D eigenvalue weighted by molar-refractivity contribution is 0.569. The highest BCUT2D eigenvalue weighted by atomic mass is 32.2. The van der Waals surface area contributed by atoms with Crippen molar-refractivity contribution in [2.45, 2.75) is 42.6 Å². The van der Waals surface area contributed by atoms with Gasteiger partial charge in [0.2, 0.25) is 0 Å². The second-order valence-electron chi connectivity index (χ2n) is 4.46. The summed E-state index contributed by atoms with van der Waals surface area (Å²) in [5, 5.41) is 6.57. The van der Waals surface area contributed by atoms with Gasteiger partial charge in [0.05, 0.1) is 0 Å². The summed E-state index contributed by atoms with van der Waals surface area (Å²) in [6.07, 6.45) is 3.03. The highest BCUT2D eigenvalue weighted by Gasteiger charge is 2.08. The Balaban J connectivity index is 2.06. The molecule has 1 atom stereocenters. The summed E-state index contributed by atoms with van der Waals surface area (Å²) in [5.41, 5.74) is 2.35. The first-order valence-electron chi connectivity index (χ1n) is 6.48. The molecule has 2 heterocycles. The maximum absolute atomic E-state index is 4.46. The van der Waals surface area contributed by atoms with Crippen molar-refractivity contribution in [3.63, 3.8) is 0 Å². The van der Waals surface area contributed by atoms with Crippen molar-refractivity contribution in [2.24, 2.45) is 0 Å². The van der Waals surface area contributed by atoms with Crippen molar-refractivity contribution < 1.29 is 0 Å². The van der Waals surface area contributed by atoms with Crippen LogP contribution in [0.2, 0.25) is 0 Å². The van der Waals surface area contributed by atoms with E-state index in [1.165, 1.54) is 5.56 Å². The average molecular weight is 293 g/mol. The molecule has 1 unspecified atom stereocenters. The van der Waals surface area contributed by atoms with E-state index in [0.29, 0.717) is 6.04 Å². The zero-order valence-corrected chi connectivity index (χ0v) is 13.1.